The zero-order valence-electron chi connectivity index (χ0n) is 17.9. The van der Waals surface area contributed by atoms with Crippen LogP contribution < -0.4 is 10.6 Å². The van der Waals surface area contributed by atoms with Crippen molar-refractivity contribution in [2.24, 2.45) is 10.9 Å². The fourth-order valence-electron chi connectivity index (χ4n) is 3.49. The highest BCUT2D eigenvalue weighted by atomic mass is 127. The summed E-state index contributed by atoms with van der Waals surface area (Å²) in [6.45, 7) is 13.7. The Kier molecular flexibility index (Phi) is 12.0. The van der Waals surface area contributed by atoms with Crippen LogP contribution in [-0.2, 0) is 0 Å². The van der Waals surface area contributed by atoms with Crippen molar-refractivity contribution in [1.29, 1.82) is 0 Å². The lowest BCUT2D eigenvalue weighted by atomic mass is 10.1. The highest BCUT2D eigenvalue weighted by Gasteiger charge is 2.25. The number of likely N-dealkylation sites (tertiary alicyclic amines) is 1. The maximum atomic E-state index is 12.1. The Morgan fingerprint density at radius 2 is 1.90 bits per heavy atom. The van der Waals surface area contributed by atoms with Crippen molar-refractivity contribution in [2.75, 3.05) is 52.4 Å². The summed E-state index contributed by atoms with van der Waals surface area (Å²) in [7, 11) is 0. The molecule has 1 atom stereocenters. The van der Waals surface area contributed by atoms with E-state index in [1.807, 2.05) is 0 Å². The number of phenolic OH excluding ortho intramolecular Hbond substituents is 1. The largest absolute Gasteiger partial charge is 0.508 e. The summed E-state index contributed by atoms with van der Waals surface area (Å²) in [4.78, 5) is 21.6. The van der Waals surface area contributed by atoms with Crippen LogP contribution in [0.4, 0.5) is 0 Å². The molecule has 0 spiro atoms. The minimum Gasteiger partial charge on any atom is -0.508 e. The maximum Gasteiger partial charge on any atom is 0.251 e. The number of halogens is 1. The molecular formula is C21H36IN5O2. The summed E-state index contributed by atoms with van der Waals surface area (Å²) < 4.78 is 0. The second-order valence-electron chi connectivity index (χ2n) is 7.12. The highest BCUT2D eigenvalue weighted by molar-refractivity contribution is 14.0. The molecule has 1 amide bonds. The molecule has 1 aliphatic heterocycles. The van der Waals surface area contributed by atoms with Gasteiger partial charge in [-0.3, -0.25) is 9.79 Å². The standard InChI is InChI=1S/C21H35N5O2.HI/c1-4-22-21(26-14-11-17(16-26)15-25(5-2)6-3)24-13-12-23-20(28)18-7-9-19(27)10-8-18;/h7-10,17,27H,4-6,11-16H2,1-3H3,(H,22,24)(H,23,28);1H. The number of nitrogens with one attached hydrogen (secondary N) is 2. The number of benzene rings is 1. The molecule has 1 aromatic rings. The van der Waals surface area contributed by atoms with Gasteiger partial charge >= 0.3 is 0 Å². The van der Waals surface area contributed by atoms with Gasteiger partial charge in [-0.05, 0) is 56.6 Å². The lowest BCUT2D eigenvalue weighted by molar-refractivity contribution is 0.0955. The van der Waals surface area contributed by atoms with E-state index in [1.165, 1.54) is 18.6 Å². The second-order valence-corrected chi connectivity index (χ2v) is 7.12. The summed E-state index contributed by atoms with van der Waals surface area (Å²) in [5, 5.41) is 15.5. The summed E-state index contributed by atoms with van der Waals surface area (Å²) in [5.74, 6) is 1.61. The van der Waals surface area contributed by atoms with E-state index in [0.29, 0.717) is 24.6 Å². The number of hydrogen-bond donors (Lipinski definition) is 3. The van der Waals surface area contributed by atoms with Gasteiger partial charge in [-0.25, -0.2) is 0 Å². The minimum absolute atomic E-state index is 0. The summed E-state index contributed by atoms with van der Waals surface area (Å²) >= 11 is 0. The molecule has 1 unspecified atom stereocenters. The van der Waals surface area contributed by atoms with Gasteiger partial charge in [0.1, 0.15) is 5.75 Å². The Morgan fingerprint density at radius 1 is 1.21 bits per heavy atom. The maximum absolute atomic E-state index is 12.1. The van der Waals surface area contributed by atoms with Gasteiger partial charge in [0.2, 0.25) is 0 Å². The van der Waals surface area contributed by atoms with Crippen LogP contribution in [0.25, 0.3) is 0 Å². The number of aromatic hydroxyl groups is 1. The Balaban J connectivity index is 0.00000420. The monoisotopic (exact) mass is 517 g/mol. The van der Waals surface area contributed by atoms with Crippen molar-refractivity contribution < 1.29 is 9.90 Å². The Labute approximate surface area is 192 Å². The van der Waals surface area contributed by atoms with E-state index in [1.54, 1.807) is 12.1 Å². The topological polar surface area (TPSA) is 80.2 Å². The Hall–Kier alpha value is -1.55. The molecular weight excluding hydrogens is 481 g/mol. The molecule has 0 radical (unpaired) electrons. The number of carbonyl (C=O) groups excluding carboxylic acids is 1. The lowest BCUT2D eigenvalue weighted by Crippen LogP contribution is -2.41. The van der Waals surface area contributed by atoms with Crippen molar-refractivity contribution in [1.82, 2.24) is 20.4 Å². The molecule has 8 heteroatoms. The third-order valence-electron chi connectivity index (χ3n) is 5.12. The number of aliphatic imine (C=N–C) groups is 1. The van der Waals surface area contributed by atoms with E-state index in [4.69, 9.17) is 4.99 Å². The van der Waals surface area contributed by atoms with Gasteiger partial charge in [0.15, 0.2) is 5.96 Å². The molecule has 1 heterocycles. The first-order valence-electron chi connectivity index (χ1n) is 10.4. The predicted octanol–water partition coefficient (Wildman–Crippen LogP) is 2.37. The molecule has 0 aliphatic carbocycles. The lowest BCUT2D eigenvalue weighted by Gasteiger charge is -2.24. The molecule has 164 valence electrons. The van der Waals surface area contributed by atoms with Gasteiger partial charge in [-0.2, -0.15) is 0 Å². The fraction of sp³-hybridized carbons (Fsp3) is 0.619. The second kappa shape index (κ2) is 13.6. The van der Waals surface area contributed by atoms with Gasteiger partial charge in [-0.1, -0.05) is 13.8 Å². The molecule has 1 aliphatic rings. The van der Waals surface area contributed by atoms with Crippen LogP contribution in [0.2, 0.25) is 0 Å². The van der Waals surface area contributed by atoms with Crippen LogP contribution in [0.3, 0.4) is 0 Å². The first kappa shape index (κ1) is 25.5. The van der Waals surface area contributed by atoms with Crippen LogP contribution in [-0.4, -0.2) is 79.1 Å². The molecule has 1 saturated heterocycles. The smallest absolute Gasteiger partial charge is 0.251 e. The molecule has 29 heavy (non-hydrogen) atoms. The Bertz CT molecular complexity index is 634. The van der Waals surface area contributed by atoms with E-state index in [0.717, 1.165) is 45.2 Å². The summed E-state index contributed by atoms with van der Waals surface area (Å²) in [6, 6.07) is 6.24. The number of nitrogens with zero attached hydrogens (tertiary/aromatic N) is 3. The Morgan fingerprint density at radius 3 is 2.52 bits per heavy atom. The van der Waals surface area contributed by atoms with Gasteiger partial charge in [-0.15, -0.1) is 24.0 Å². The average molecular weight is 517 g/mol. The number of hydrogen-bond acceptors (Lipinski definition) is 4. The first-order chi connectivity index (χ1) is 13.6. The third kappa shape index (κ3) is 8.38. The predicted molar refractivity (Wildman–Crippen MR) is 129 cm³/mol. The summed E-state index contributed by atoms with van der Waals surface area (Å²) in [5.41, 5.74) is 0.535. The van der Waals surface area contributed by atoms with Gasteiger partial charge in [0.25, 0.3) is 5.91 Å². The van der Waals surface area contributed by atoms with Crippen LogP contribution in [0.15, 0.2) is 29.3 Å². The molecule has 0 aromatic heterocycles. The van der Waals surface area contributed by atoms with E-state index >= 15 is 0 Å². The van der Waals surface area contributed by atoms with Gasteiger partial charge in [0, 0.05) is 38.3 Å². The molecule has 1 fully saturated rings. The first-order valence-corrected chi connectivity index (χ1v) is 10.4. The molecule has 2 rings (SSSR count). The number of guanidine groups is 1. The number of phenols is 1. The zero-order chi connectivity index (χ0) is 20.4. The van der Waals surface area contributed by atoms with E-state index in [2.05, 4.69) is 41.2 Å². The number of amides is 1. The third-order valence-corrected chi connectivity index (χ3v) is 5.12. The van der Waals surface area contributed by atoms with Crippen LogP contribution in [0.5, 0.6) is 5.75 Å². The SMILES string of the molecule is CCNC(=NCCNC(=O)c1ccc(O)cc1)N1CCC(CN(CC)CC)C1.I. The van der Waals surface area contributed by atoms with Crippen molar-refractivity contribution in [2.45, 2.75) is 27.2 Å². The van der Waals surface area contributed by atoms with Crippen LogP contribution in [0, 0.1) is 5.92 Å². The minimum atomic E-state index is -0.152. The molecule has 3 N–H and O–H groups in total. The zero-order valence-corrected chi connectivity index (χ0v) is 20.2. The molecule has 0 bridgehead atoms. The van der Waals surface area contributed by atoms with Crippen molar-refractivity contribution >= 4 is 35.8 Å². The molecule has 1 aromatic carbocycles. The molecule has 7 nitrogen and oxygen atoms in total. The van der Waals surface area contributed by atoms with Gasteiger partial charge in [0.05, 0.1) is 6.54 Å². The highest BCUT2D eigenvalue weighted by Crippen LogP contribution is 2.17. The van der Waals surface area contributed by atoms with Gasteiger partial charge < -0.3 is 25.5 Å². The van der Waals surface area contributed by atoms with Crippen molar-refractivity contribution in [3.8, 4) is 5.75 Å². The summed E-state index contributed by atoms with van der Waals surface area (Å²) in [6.07, 6.45) is 1.19. The number of carbonyl (C=O) groups is 1. The van der Waals surface area contributed by atoms with Crippen LogP contribution >= 0.6 is 24.0 Å². The van der Waals surface area contributed by atoms with Crippen molar-refractivity contribution in [3.63, 3.8) is 0 Å². The van der Waals surface area contributed by atoms with E-state index < -0.39 is 0 Å². The van der Waals surface area contributed by atoms with E-state index in [-0.39, 0.29) is 35.6 Å². The average Bonchev–Trinajstić information content (AvgIpc) is 3.17. The molecule has 0 saturated carbocycles. The van der Waals surface area contributed by atoms with Crippen molar-refractivity contribution in [3.05, 3.63) is 29.8 Å². The number of rotatable bonds is 9. The van der Waals surface area contributed by atoms with E-state index in [9.17, 15) is 9.90 Å². The quantitative estimate of drug-likeness (QED) is 0.203. The fourth-order valence-corrected chi connectivity index (χ4v) is 3.49. The normalized spacial score (nSPS) is 16.6. The van der Waals surface area contributed by atoms with Crippen LogP contribution in [0.1, 0.15) is 37.6 Å².